The van der Waals surface area contributed by atoms with E-state index >= 15 is 0 Å². The number of nitrogens with zero attached hydrogens (tertiary/aromatic N) is 1. The molecule has 1 saturated heterocycles. The Balaban J connectivity index is 1.69. The van der Waals surface area contributed by atoms with E-state index in [1.54, 1.807) is 12.1 Å². The van der Waals surface area contributed by atoms with Gasteiger partial charge in [0.15, 0.2) is 0 Å². The lowest BCUT2D eigenvalue weighted by molar-refractivity contribution is 0.0723. The average molecular weight is 391 g/mol. The Morgan fingerprint density at radius 1 is 1.11 bits per heavy atom. The lowest BCUT2D eigenvalue weighted by Gasteiger charge is -2.27. The van der Waals surface area contributed by atoms with Gasteiger partial charge in [0, 0.05) is 25.2 Å². The molecule has 0 aromatic heterocycles. The molecule has 1 N–H and O–H groups in total. The van der Waals surface area contributed by atoms with Crippen molar-refractivity contribution in [2.45, 2.75) is 63.2 Å². The Morgan fingerprint density at radius 3 is 2.59 bits per heavy atom. The zero-order valence-electron chi connectivity index (χ0n) is 16.2. The van der Waals surface area contributed by atoms with E-state index in [0.29, 0.717) is 12.1 Å². The maximum Gasteiger partial charge on any atom is 0.254 e. The number of carbonyl (C=O) groups is 1. The third-order valence-corrected chi connectivity index (χ3v) is 6.97. The standard InChI is InChI=1S/C21H30N2O3S/c1-17-10-11-19(16-20(17)21(24)23-14-6-3-7-15-23)27(25,26)22-13-12-18-8-4-2-5-9-18/h8,10-11,16,22H,2-7,9,12-15H2,1H3. The number of carbonyl (C=O) groups excluding carboxylic acids is 1. The van der Waals surface area contributed by atoms with E-state index < -0.39 is 10.0 Å². The van der Waals surface area contributed by atoms with Crippen molar-refractivity contribution in [3.63, 3.8) is 0 Å². The fourth-order valence-corrected chi connectivity index (χ4v) is 4.88. The first-order valence-electron chi connectivity index (χ1n) is 10.0. The molecule has 27 heavy (non-hydrogen) atoms. The van der Waals surface area contributed by atoms with Crippen molar-refractivity contribution >= 4 is 15.9 Å². The van der Waals surface area contributed by atoms with Gasteiger partial charge in [-0.25, -0.2) is 13.1 Å². The molecule has 0 atom stereocenters. The van der Waals surface area contributed by atoms with Crippen LogP contribution < -0.4 is 4.72 Å². The minimum atomic E-state index is -3.61. The van der Waals surface area contributed by atoms with E-state index in [2.05, 4.69) is 10.8 Å². The zero-order valence-corrected chi connectivity index (χ0v) is 17.0. The summed E-state index contributed by atoms with van der Waals surface area (Å²) in [6, 6.07) is 4.86. The first kappa shape index (κ1) is 20.1. The number of hydrogen-bond acceptors (Lipinski definition) is 3. The van der Waals surface area contributed by atoms with Crippen molar-refractivity contribution < 1.29 is 13.2 Å². The molecule has 1 aliphatic carbocycles. The second-order valence-electron chi connectivity index (χ2n) is 7.59. The van der Waals surface area contributed by atoms with Crippen LogP contribution in [0, 0.1) is 6.92 Å². The van der Waals surface area contributed by atoms with Crippen molar-refractivity contribution in [2.75, 3.05) is 19.6 Å². The van der Waals surface area contributed by atoms with Crippen LogP contribution in [0.15, 0.2) is 34.7 Å². The first-order valence-corrected chi connectivity index (χ1v) is 11.5. The number of amides is 1. The second-order valence-corrected chi connectivity index (χ2v) is 9.35. The predicted molar refractivity (Wildman–Crippen MR) is 107 cm³/mol. The number of likely N-dealkylation sites (tertiary alicyclic amines) is 1. The molecule has 1 aromatic carbocycles. The summed E-state index contributed by atoms with van der Waals surface area (Å²) in [7, 11) is -3.61. The molecule has 1 aliphatic heterocycles. The number of rotatable bonds is 6. The number of nitrogens with one attached hydrogen (secondary N) is 1. The van der Waals surface area contributed by atoms with Crippen molar-refractivity contribution in [1.82, 2.24) is 9.62 Å². The van der Waals surface area contributed by atoms with Gasteiger partial charge in [0.05, 0.1) is 4.90 Å². The van der Waals surface area contributed by atoms with Crippen LogP contribution in [0.3, 0.4) is 0 Å². The van der Waals surface area contributed by atoms with Crippen LogP contribution in [0.1, 0.15) is 67.3 Å². The molecular formula is C21H30N2O3S. The topological polar surface area (TPSA) is 66.5 Å². The molecule has 1 amide bonds. The Kier molecular flexibility index (Phi) is 6.71. The molecule has 6 heteroatoms. The summed E-state index contributed by atoms with van der Waals surface area (Å²) < 4.78 is 28.1. The predicted octanol–water partition coefficient (Wildman–Crippen LogP) is 3.79. The Morgan fingerprint density at radius 2 is 1.89 bits per heavy atom. The molecule has 0 saturated carbocycles. The Labute approximate surface area is 162 Å². The van der Waals surface area contributed by atoms with E-state index in [9.17, 15) is 13.2 Å². The first-order chi connectivity index (χ1) is 13.0. The van der Waals surface area contributed by atoms with Crippen LogP contribution >= 0.6 is 0 Å². The van der Waals surface area contributed by atoms with E-state index in [-0.39, 0.29) is 10.8 Å². The van der Waals surface area contributed by atoms with E-state index in [1.165, 1.54) is 24.5 Å². The Hall–Kier alpha value is -1.66. The monoisotopic (exact) mass is 390 g/mol. The molecule has 3 rings (SSSR count). The summed E-state index contributed by atoms with van der Waals surface area (Å²) >= 11 is 0. The van der Waals surface area contributed by atoms with E-state index in [1.807, 2.05) is 11.8 Å². The van der Waals surface area contributed by atoms with Crippen molar-refractivity contribution in [3.8, 4) is 0 Å². The molecule has 0 radical (unpaired) electrons. The van der Waals surface area contributed by atoms with Gasteiger partial charge in [-0.2, -0.15) is 0 Å². The molecule has 148 valence electrons. The maximum absolute atomic E-state index is 12.8. The molecule has 0 bridgehead atoms. The van der Waals surface area contributed by atoms with Gasteiger partial charge in [-0.1, -0.05) is 17.7 Å². The van der Waals surface area contributed by atoms with Gasteiger partial charge in [-0.05, 0) is 76.0 Å². The number of benzene rings is 1. The van der Waals surface area contributed by atoms with Crippen LogP contribution in [0.4, 0.5) is 0 Å². The highest BCUT2D eigenvalue weighted by molar-refractivity contribution is 7.89. The number of piperidine rings is 1. The fourth-order valence-electron chi connectivity index (χ4n) is 3.83. The third kappa shape index (κ3) is 5.20. The van der Waals surface area contributed by atoms with Crippen molar-refractivity contribution in [1.29, 1.82) is 0 Å². The van der Waals surface area contributed by atoms with Gasteiger partial charge in [-0.15, -0.1) is 0 Å². The minimum absolute atomic E-state index is 0.0587. The normalized spacial score (nSPS) is 18.3. The van der Waals surface area contributed by atoms with Crippen LogP contribution in [0.2, 0.25) is 0 Å². The molecule has 0 spiro atoms. The molecule has 0 unspecified atom stereocenters. The second kappa shape index (κ2) is 9.02. The van der Waals surface area contributed by atoms with Gasteiger partial charge in [0.25, 0.3) is 5.91 Å². The minimum Gasteiger partial charge on any atom is -0.339 e. The van der Waals surface area contributed by atoms with Crippen LogP contribution in [0.5, 0.6) is 0 Å². The van der Waals surface area contributed by atoms with Crippen LogP contribution in [0.25, 0.3) is 0 Å². The Bertz CT molecular complexity index is 809. The summed E-state index contributed by atoms with van der Waals surface area (Å²) in [5.41, 5.74) is 2.65. The summed E-state index contributed by atoms with van der Waals surface area (Å²) in [5, 5.41) is 0. The molecular weight excluding hydrogens is 360 g/mol. The molecule has 2 aliphatic rings. The molecule has 1 aromatic rings. The molecule has 1 heterocycles. The largest absolute Gasteiger partial charge is 0.339 e. The SMILES string of the molecule is Cc1ccc(S(=O)(=O)NCCC2=CCCCC2)cc1C(=O)N1CCCCC1. The van der Waals surface area contributed by atoms with Gasteiger partial charge in [0.1, 0.15) is 0 Å². The lowest BCUT2D eigenvalue weighted by Crippen LogP contribution is -2.36. The van der Waals surface area contributed by atoms with E-state index in [4.69, 9.17) is 0 Å². The lowest BCUT2D eigenvalue weighted by atomic mass is 9.97. The highest BCUT2D eigenvalue weighted by atomic mass is 32.2. The number of sulfonamides is 1. The molecule has 5 nitrogen and oxygen atoms in total. The smallest absolute Gasteiger partial charge is 0.254 e. The van der Waals surface area contributed by atoms with Crippen LogP contribution in [-0.4, -0.2) is 38.9 Å². The molecule has 1 fully saturated rings. The van der Waals surface area contributed by atoms with Gasteiger partial charge in [-0.3, -0.25) is 4.79 Å². The summed E-state index contributed by atoms with van der Waals surface area (Å²) in [4.78, 5) is 14.8. The van der Waals surface area contributed by atoms with Gasteiger partial charge in [0.2, 0.25) is 10.0 Å². The summed E-state index contributed by atoms with van der Waals surface area (Å²) in [5.74, 6) is -0.0587. The fraction of sp³-hybridized carbons (Fsp3) is 0.571. The quantitative estimate of drug-likeness (QED) is 0.752. The average Bonchev–Trinajstić information content (AvgIpc) is 2.69. The number of aryl methyl sites for hydroxylation is 1. The number of hydrogen-bond donors (Lipinski definition) is 1. The highest BCUT2D eigenvalue weighted by Gasteiger charge is 2.22. The van der Waals surface area contributed by atoms with Crippen LogP contribution in [-0.2, 0) is 10.0 Å². The van der Waals surface area contributed by atoms with E-state index in [0.717, 1.165) is 57.2 Å². The zero-order chi connectivity index (χ0) is 19.3. The summed E-state index contributed by atoms with van der Waals surface area (Å²) in [6.07, 6.45) is 10.8. The van der Waals surface area contributed by atoms with Crippen molar-refractivity contribution in [3.05, 3.63) is 41.0 Å². The summed E-state index contributed by atoms with van der Waals surface area (Å²) in [6.45, 7) is 3.76. The highest BCUT2D eigenvalue weighted by Crippen LogP contribution is 2.21. The van der Waals surface area contributed by atoms with Gasteiger partial charge < -0.3 is 4.90 Å². The van der Waals surface area contributed by atoms with Crippen molar-refractivity contribution in [2.24, 2.45) is 0 Å². The number of allylic oxidation sites excluding steroid dienone is 1. The third-order valence-electron chi connectivity index (χ3n) is 5.52. The van der Waals surface area contributed by atoms with Gasteiger partial charge >= 0.3 is 0 Å². The maximum atomic E-state index is 12.8.